The zero-order valence-corrected chi connectivity index (χ0v) is 19.1. The zero-order chi connectivity index (χ0) is 23.8. The van der Waals surface area contributed by atoms with Crippen LogP contribution in [0.25, 0.3) is 11.4 Å². The summed E-state index contributed by atoms with van der Waals surface area (Å²) < 4.78 is 5.15. The number of hydrogen-bond acceptors (Lipinski definition) is 8. The van der Waals surface area contributed by atoms with Crippen molar-refractivity contribution in [1.82, 2.24) is 30.0 Å². The molecule has 1 atom stereocenters. The molecule has 9 nitrogen and oxygen atoms in total. The number of piperazine rings is 1. The zero-order valence-electron chi connectivity index (χ0n) is 19.1. The molecule has 0 saturated carbocycles. The number of aromatic nitrogens is 4. The first-order valence-corrected chi connectivity index (χ1v) is 11.4. The van der Waals surface area contributed by atoms with Gasteiger partial charge in [0.2, 0.25) is 5.82 Å². The molecular weight excluding hydrogens is 430 g/mol. The van der Waals surface area contributed by atoms with Gasteiger partial charge in [-0.05, 0) is 28.5 Å². The molecule has 1 unspecified atom stereocenters. The van der Waals surface area contributed by atoms with Crippen molar-refractivity contribution in [2.45, 2.75) is 12.6 Å². The quantitative estimate of drug-likeness (QED) is 0.364. The molecular formula is C25H29N7O2. The number of nitrogens with zero attached hydrogens (tertiary/aromatic N) is 7. The maximum atomic E-state index is 10.1. The third kappa shape index (κ3) is 5.85. The van der Waals surface area contributed by atoms with Gasteiger partial charge in [0.1, 0.15) is 12.4 Å². The summed E-state index contributed by atoms with van der Waals surface area (Å²) in [4.78, 5) is 6.32. The lowest BCUT2D eigenvalue weighted by molar-refractivity contribution is 0.117. The van der Waals surface area contributed by atoms with Crippen molar-refractivity contribution in [2.24, 2.45) is 0 Å². The van der Waals surface area contributed by atoms with Crippen LogP contribution < -0.4 is 0 Å². The van der Waals surface area contributed by atoms with Crippen LogP contribution in [-0.2, 0) is 11.3 Å². The molecule has 34 heavy (non-hydrogen) atoms. The van der Waals surface area contributed by atoms with E-state index in [1.54, 1.807) is 6.07 Å². The fourth-order valence-electron chi connectivity index (χ4n) is 4.23. The molecule has 1 aromatic heterocycles. The number of aromatic hydroxyl groups is 1. The monoisotopic (exact) mass is 459 g/mol. The lowest BCUT2D eigenvalue weighted by Crippen LogP contribution is -2.47. The van der Waals surface area contributed by atoms with Crippen molar-refractivity contribution >= 4 is 0 Å². The summed E-state index contributed by atoms with van der Waals surface area (Å²) in [5.41, 5.74) is 3.08. The number of ether oxygens (including phenoxy) is 1. The highest BCUT2D eigenvalue weighted by molar-refractivity contribution is 5.55. The average Bonchev–Trinajstić information content (AvgIpc) is 3.33. The summed E-state index contributed by atoms with van der Waals surface area (Å²) >= 11 is 0. The molecule has 4 rings (SSSR count). The summed E-state index contributed by atoms with van der Waals surface area (Å²) in [6.07, 6.45) is 1.95. The number of phenols is 1. The summed E-state index contributed by atoms with van der Waals surface area (Å²) in [6, 6.07) is 17.7. The van der Waals surface area contributed by atoms with Crippen molar-refractivity contribution < 1.29 is 9.84 Å². The Morgan fingerprint density at radius 2 is 1.91 bits per heavy atom. The van der Waals surface area contributed by atoms with E-state index in [-0.39, 0.29) is 18.4 Å². The van der Waals surface area contributed by atoms with Crippen LogP contribution >= 0.6 is 0 Å². The molecule has 1 aliphatic heterocycles. The third-order valence-corrected chi connectivity index (χ3v) is 5.88. The first kappa shape index (κ1) is 23.6. The van der Waals surface area contributed by atoms with Crippen LogP contribution in [0.2, 0.25) is 0 Å². The number of hydrogen-bond donors (Lipinski definition) is 1. The molecule has 0 bridgehead atoms. The van der Waals surface area contributed by atoms with Crippen LogP contribution in [0, 0.1) is 11.3 Å². The van der Waals surface area contributed by atoms with E-state index in [1.807, 2.05) is 36.4 Å². The molecule has 3 aromatic rings. The Hall–Kier alpha value is -3.58. The number of nitriles is 1. The maximum Gasteiger partial charge on any atom is 0.204 e. The molecule has 9 heteroatoms. The maximum absolute atomic E-state index is 10.1. The third-order valence-electron chi connectivity index (χ3n) is 5.88. The van der Waals surface area contributed by atoms with Crippen LogP contribution in [-0.4, -0.2) is 81.1 Å². The Kier molecular flexibility index (Phi) is 7.99. The number of tetrazole rings is 1. The highest BCUT2D eigenvalue weighted by Gasteiger charge is 2.26. The second-order valence-corrected chi connectivity index (χ2v) is 8.16. The first-order valence-electron chi connectivity index (χ1n) is 11.4. The van der Waals surface area contributed by atoms with Gasteiger partial charge in [-0.1, -0.05) is 42.5 Å². The van der Waals surface area contributed by atoms with E-state index in [0.29, 0.717) is 19.0 Å². The van der Waals surface area contributed by atoms with Gasteiger partial charge >= 0.3 is 0 Å². The number of phenolic OH excluding ortho intramolecular Hbond substituents is 1. The fourth-order valence-corrected chi connectivity index (χ4v) is 4.23. The molecule has 1 aliphatic rings. The first-order chi connectivity index (χ1) is 16.7. The van der Waals surface area contributed by atoms with Gasteiger partial charge in [-0.3, -0.25) is 9.80 Å². The highest BCUT2D eigenvalue weighted by Crippen LogP contribution is 2.32. The smallest absolute Gasteiger partial charge is 0.204 e. The average molecular weight is 460 g/mol. The second kappa shape index (κ2) is 11.5. The standard InChI is InChI=1S/C25H29N7O2/c1-2-11-30-12-14-31(15-13-30)24(22-4-3-5-23(33)19-22)20-6-8-21(9-7-20)25-27-29-32(28-25)16-18-34-17-10-26/h2-9,19,24,33H,1,11-18H2. The van der Waals surface area contributed by atoms with Gasteiger partial charge in [-0.2, -0.15) is 10.1 Å². The fraction of sp³-hybridized carbons (Fsp3) is 0.360. The minimum atomic E-state index is 0.0351. The van der Waals surface area contributed by atoms with Crippen LogP contribution in [0.4, 0.5) is 0 Å². The topological polar surface area (TPSA) is 103 Å². The SMILES string of the molecule is C=CCN1CCN(C(c2ccc(-c3nnn(CCOCC#N)n3)cc2)c2cccc(O)c2)CC1. The lowest BCUT2D eigenvalue weighted by atomic mass is 9.95. The molecule has 1 N–H and O–H groups in total. The van der Waals surface area contributed by atoms with Gasteiger partial charge in [0.15, 0.2) is 0 Å². The van der Waals surface area contributed by atoms with E-state index >= 15 is 0 Å². The van der Waals surface area contributed by atoms with E-state index in [0.717, 1.165) is 49.4 Å². The molecule has 0 spiro atoms. The van der Waals surface area contributed by atoms with Gasteiger partial charge in [0.05, 0.1) is 25.3 Å². The molecule has 2 heterocycles. The minimum absolute atomic E-state index is 0.0351. The molecule has 0 amide bonds. The normalized spacial score (nSPS) is 15.6. The van der Waals surface area contributed by atoms with E-state index in [4.69, 9.17) is 10.00 Å². The van der Waals surface area contributed by atoms with Gasteiger partial charge in [0.25, 0.3) is 0 Å². The highest BCUT2D eigenvalue weighted by atomic mass is 16.5. The molecule has 1 fully saturated rings. The van der Waals surface area contributed by atoms with E-state index in [2.05, 4.69) is 50.0 Å². The van der Waals surface area contributed by atoms with E-state index in [9.17, 15) is 5.11 Å². The molecule has 2 aromatic carbocycles. The Morgan fingerprint density at radius 3 is 2.62 bits per heavy atom. The second-order valence-electron chi connectivity index (χ2n) is 8.16. The van der Waals surface area contributed by atoms with Gasteiger partial charge in [0, 0.05) is 38.3 Å². The van der Waals surface area contributed by atoms with Crippen LogP contribution in [0.5, 0.6) is 5.75 Å². The predicted octanol–water partition coefficient (Wildman–Crippen LogP) is 2.48. The largest absolute Gasteiger partial charge is 0.508 e. The Labute approximate surface area is 199 Å². The Balaban J connectivity index is 1.52. The summed E-state index contributed by atoms with van der Waals surface area (Å²) in [6.45, 7) is 9.41. The van der Waals surface area contributed by atoms with Crippen LogP contribution in [0.3, 0.4) is 0 Å². The van der Waals surface area contributed by atoms with Gasteiger partial charge in [-0.25, -0.2) is 0 Å². The molecule has 0 aliphatic carbocycles. The van der Waals surface area contributed by atoms with Crippen LogP contribution in [0.1, 0.15) is 17.2 Å². The van der Waals surface area contributed by atoms with E-state index in [1.165, 1.54) is 4.80 Å². The van der Waals surface area contributed by atoms with Crippen molar-refractivity contribution in [1.29, 1.82) is 5.26 Å². The van der Waals surface area contributed by atoms with E-state index < -0.39 is 0 Å². The number of benzene rings is 2. The molecule has 1 saturated heterocycles. The summed E-state index contributed by atoms with van der Waals surface area (Å²) in [5, 5.41) is 31.3. The Morgan fingerprint density at radius 1 is 1.12 bits per heavy atom. The predicted molar refractivity (Wildman–Crippen MR) is 128 cm³/mol. The van der Waals surface area contributed by atoms with Crippen LogP contribution in [0.15, 0.2) is 61.2 Å². The minimum Gasteiger partial charge on any atom is -0.508 e. The van der Waals surface area contributed by atoms with Crippen molar-refractivity contribution in [2.75, 3.05) is 45.9 Å². The molecule has 176 valence electrons. The van der Waals surface area contributed by atoms with Crippen molar-refractivity contribution in [3.8, 4) is 23.2 Å². The number of rotatable bonds is 10. The lowest BCUT2D eigenvalue weighted by Gasteiger charge is -2.39. The van der Waals surface area contributed by atoms with Crippen molar-refractivity contribution in [3.63, 3.8) is 0 Å². The van der Waals surface area contributed by atoms with Crippen molar-refractivity contribution in [3.05, 3.63) is 72.3 Å². The van der Waals surface area contributed by atoms with Gasteiger partial charge < -0.3 is 9.84 Å². The molecule has 0 radical (unpaired) electrons. The van der Waals surface area contributed by atoms with Gasteiger partial charge in [-0.15, -0.1) is 16.8 Å². The summed E-state index contributed by atoms with van der Waals surface area (Å²) in [5.74, 6) is 0.808. The Bertz CT molecular complexity index is 1110. The summed E-state index contributed by atoms with van der Waals surface area (Å²) in [7, 11) is 0.